The molecule has 0 radical (unpaired) electrons. The number of nitrogens with one attached hydrogen (secondary N) is 1. The molecule has 2 heterocycles. The standard InChI is InChI=1S/C16H12BrN5O3S/c1-25-14(23)6-13-15(24)20-16(26-13)21-18-7-10-4-2-3-5-12(10)22-9-11(17)8-19-22/h2-9H,1H3,(H,20,21,24)/b13-6+,18-7?. The molecule has 0 saturated carbocycles. The fourth-order valence-electron chi connectivity index (χ4n) is 2.02. The molecule has 1 aliphatic rings. The Bertz CT molecular complexity index is 951. The Labute approximate surface area is 161 Å². The summed E-state index contributed by atoms with van der Waals surface area (Å²) in [6.45, 7) is 0. The molecule has 1 N–H and O–H groups in total. The number of thioether (sulfide) groups is 1. The SMILES string of the molecule is COC(=O)/C=C1/S/C(=N\N=Cc2ccccc2-n2cc(Br)cn2)NC1=O. The van der Waals surface area contributed by atoms with Gasteiger partial charge >= 0.3 is 5.97 Å². The molecule has 0 atom stereocenters. The number of hydrogen-bond acceptors (Lipinski definition) is 7. The van der Waals surface area contributed by atoms with Gasteiger partial charge in [-0.1, -0.05) is 18.2 Å². The molecule has 0 aliphatic carbocycles. The summed E-state index contributed by atoms with van der Waals surface area (Å²) in [6.07, 6.45) is 6.19. The van der Waals surface area contributed by atoms with Crippen molar-refractivity contribution in [2.24, 2.45) is 10.2 Å². The Kier molecular flexibility index (Phi) is 5.64. The van der Waals surface area contributed by atoms with E-state index in [-0.39, 0.29) is 10.1 Å². The molecular formula is C16H12BrN5O3S. The van der Waals surface area contributed by atoms with Gasteiger partial charge in [0.15, 0.2) is 5.17 Å². The van der Waals surface area contributed by atoms with Gasteiger partial charge in [-0.2, -0.15) is 10.2 Å². The van der Waals surface area contributed by atoms with Crippen LogP contribution in [0.2, 0.25) is 0 Å². The second-order valence-electron chi connectivity index (χ2n) is 4.90. The van der Waals surface area contributed by atoms with Gasteiger partial charge in [0, 0.05) is 17.8 Å². The zero-order chi connectivity index (χ0) is 18.5. The Morgan fingerprint density at radius 3 is 2.96 bits per heavy atom. The van der Waals surface area contributed by atoms with E-state index in [1.807, 2.05) is 30.5 Å². The Balaban J connectivity index is 1.78. The van der Waals surface area contributed by atoms with Crippen LogP contribution in [0.4, 0.5) is 0 Å². The van der Waals surface area contributed by atoms with Gasteiger partial charge in [0.1, 0.15) is 0 Å². The lowest BCUT2D eigenvalue weighted by atomic mass is 10.2. The maximum Gasteiger partial charge on any atom is 0.331 e. The van der Waals surface area contributed by atoms with Crippen LogP contribution in [-0.2, 0) is 14.3 Å². The maximum absolute atomic E-state index is 11.8. The predicted octanol–water partition coefficient (Wildman–Crippen LogP) is 2.24. The van der Waals surface area contributed by atoms with E-state index in [4.69, 9.17) is 0 Å². The van der Waals surface area contributed by atoms with E-state index in [1.165, 1.54) is 7.11 Å². The molecule has 132 valence electrons. The molecule has 3 rings (SSSR count). The summed E-state index contributed by atoms with van der Waals surface area (Å²) in [5.41, 5.74) is 1.63. The van der Waals surface area contributed by atoms with Crippen LogP contribution in [0.3, 0.4) is 0 Å². The Morgan fingerprint density at radius 2 is 2.23 bits per heavy atom. The number of carbonyl (C=O) groups excluding carboxylic acids is 2. The van der Waals surface area contributed by atoms with Crippen LogP contribution >= 0.6 is 27.7 Å². The normalized spacial score (nSPS) is 17.2. The van der Waals surface area contributed by atoms with Crippen LogP contribution in [0.25, 0.3) is 5.69 Å². The van der Waals surface area contributed by atoms with E-state index < -0.39 is 11.9 Å². The first-order chi connectivity index (χ1) is 12.6. The highest BCUT2D eigenvalue weighted by molar-refractivity contribution is 9.10. The molecule has 8 nitrogen and oxygen atoms in total. The van der Waals surface area contributed by atoms with Crippen molar-refractivity contribution < 1.29 is 14.3 Å². The number of halogens is 1. The van der Waals surface area contributed by atoms with Gasteiger partial charge in [0.2, 0.25) is 0 Å². The third-order valence-corrected chi connectivity index (χ3v) is 4.49. The topological polar surface area (TPSA) is 97.9 Å². The summed E-state index contributed by atoms with van der Waals surface area (Å²) in [4.78, 5) is 23.2. The van der Waals surface area contributed by atoms with Crippen molar-refractivity contribution in [3.63, 3.8) is 0 Å². The second-order valence-corrected chi connectivity index (χ2v) is 6.85. The summed E-state index contributed by atoms with van der Waals surface area (Å²) in [5, 5.41) is 15.0. The Hall–Kier alpha value is -2.72. The summed E-state index contributed by atoms with van der Waals surface area (Å²) in [7, 11) is 1.24. The number of methoxy groups -OCH3 is 1. The number of nitrogens with zero attached hydrogens (tertiary/aromatic N) is 4. The summed E-state index contributed by atoms with van der Waals surface area (Å²) < 4.78 is 7.07. The number of para-hydroxylation sites is 1. The number of esters is 1. The number of aromatic nitrogens is 2. The van der Waals surface area contributed by atoms with E-state index in [1.54, 1.807) is 17.1 Å². The van der Waals surface area contributed by atoms with Crippen LogP contribution in [0.5, 0.6) is 0 Å². The van der Waals surface area contributed by atoms with Crippen molar-refractivity contribution in [1.29, 1.82) is 0 Å². The number of rotatable bonds is 4. The fraction of sp³-hybridized carbons (Fsp3) is 0.0625. The zero-order valence-corrected chi connectivity index (χ0v) is 15.8. The van der Waals surface area contributed by atoms with Crippen LogP contribution in [0.15, 0.2) is 62.3 Å². The molecule has 1 saturated heterocycles. The molecule has 10 heteroatoms. The van der Waals surface area contributed by atoms with E-state index >= 15 is 0 Å². The van der Waals surface area contributed by atoms with Crippen LogP contribution < -0.4 is 5.32 Å². The van der Waals surface area contributed by atoms with E-state index in [2.05, 4.69) is 41.3 Å². The monoisotopic (exact) mass is 433 g/mol. The lowest BCUT2D eigenvalue weighted by Gasteiger charge is -2.04. The number of amides is 1. The average molecular weight is 434 g/mol. The smallest absolute Gasteiger partial charge is 0.331 e. The fourth-order valence-corrected chi connectivity index (χ4v) is 3.05. The number of benzene rings is 1. The highest BCUT2D eigenvalue weighted by atomic mass is 79.9. The predicted molar refractivity (Wildman–Crippen MR) is 102 cm³/mol. The number of hydrogen-bond donors (Lipinski definition) is 1. The lowest BCUT2D eigenvalue weighted by molar-refractivity contribution is -0.135. The van der Waals surface area contributed by atoms with Crippen molar-refractivity contribution in [3.8, 4) is 5.69 Å². The summed E-state index contributed by atoms with van der Waals surface area (Å²) in [5.74, 6) is -1.03. The first-order valence-electron chi connectivity index (χ1n) is 7.26. The molecule has 1 fully saturated rings. The number of carbonyl (C=O) groups is 2. The van der Waals surface area contributed by atoms with Gasteiger partial charge in [-0.3, -0.25) is 10.1 Å². The van der Waals surface area contributed by atoms with Gasteiger partial charge in [-0.05, 0) is 33.8 Å². The van der Waals surface area contributed by atoms with Crippen molar-refractivity contribution in [2.45, 2.75) is 0 Å². The molecule has 1 aliphatic heterocycles. The molecule has 1 aromatic carbocycles. The van der Waals surface area contributed by atoms with Crippen molar-refractivity contribution in [2.75, 3.05) is 7.11 Å². The van der Waals surface area contributed by atoms with Gasteiger partial charge in [0.05, 0.1) is 34.6 Å². The maximum atomic E-state index is 11.8. The van der Waals surface area contributed by atoms with Gasteiger partial charge in [-0.25, -0.2) is 9.48 Å². The first-order valence-corrected chi connectivity index (χ1v) is 8.87. The summed E-state index contributed by atoms with van der Waals surface area (Å²) >= 11 is 4.38. The molecule has 0 bridgehead atoms. The quantitative estimate of drug-likeness (QED) is 0.345. The average Bonchev–Trinajstić information content (AvgIpc) is 3.21. The minimum absolute atomic E-state index is 0.201. The largest absolute Gasteiger partial charge is 0.466 e. The van der Waals surface area contributed by atoms with Gasteiger partial charge < -0.3 is 4.74 Å². The van der Waals surface area contributed by atoms with Gasteiger partial charge in [-0.15, -0.1) is 5.10 Å². The van der Waals surface area contributed by atoms with Crippen molar-refractivity contribution in [3.05, 3.63) is 57.7 Å². The number of amidine groups is 1. The van der Waals surface area contributed by atoms with Crippen LogP contribution in [0.1, 0.15) is 5.56 Å². The highest BCUT2D eigenvalue weighted by Crippen LogP contribution is 2.23. The Morgan fingerprint density at radius 1 is 1.42 bits per heavy atom. The van der Waals surface area contributed by atoms with E-state index in [0.29, 0.717) is 0 Å². The lowest BCUT2D eigenvalue weighted by Crippen LogP contribution is -2.19. The molecule has 1 aromatic heterocycles. The molecule has 0 unspecified atom stereocenters. The molecular weight excluding hydrogens is 422 g/mol. The molecule has 1 amide bonds. The van der Waals surface area contributed by atoms with Gasteiger partial charge in [0.25, 0.3) is 5.91 Å². The van der Waals surface area contributed by atoms with E-state index in [9.17, 15) is 9.59 Å². The number of ether oxygens (including phenoxy) is 1. The minimum atomic E-state index is -0.605. The first kappa shape index (κ1) is 18.1. The molecule has 0 spiro atoms. The van der Waals surface area contributed by atoms with Crippen molar-refractivity contribution in [1.82, 2.24) is 15.1 Å². The summed E-state index contributed by atoms with van der Waals surface area (Å²) in [6, 6.07) is 7.54. The van der Waals surface area contributed by atoms with Crippen LogP contribution in [0, 0.1) is 0 Å². The highest BCUT2D eigenvalue weighted by Gasteiger charge is 2.25. The second kappa shape index (κ2) is 8.11. The molecule has 2 aromatic rings. The zero-order valence-electron chi connectivity index (χ0n) is 13.4. The third-order valence-electron chi connectivity index (χ3n) is 3.18. The minimum Gasteiger partial charge on any atom is -0.466 e. The molecule has 26 heavy (non-hydrogen) atoms. The van der Waals surface area contributed by atoms with Crippen molar-refractivity contribution >= 4 is 51.0 Å². The van der Waals surface area contributed by atoms with Crippen LogP contribution in [-0.4, -0.2) is 40.1 Å². The third kappa shape index (κ3) is 4.27. The van der Waals surface area contributed by atoms with E-state index in [0.717, 1.165) is 33.6 Å².